The fraction of sp³-hybridized carbons (Fsp3) is 0.143. The minimum absolute atomic E-state index is 0.0817. The van der Waals surface area contributed by atoms with Crippen molar-refractivity contribution < 1.29 is 14.4 Å². The zero-order chi connectivity index (χ0) is 10.0. The Hall–Kier alpha value is -1.01. The van der Waals surface area contributed by atoms with Gasteiger partial charge in [0.15, 0.2) is 0 Å². The Labute approximate surface area is 81.3 Å². The fourth-order valence-electron chi connectivity index (χ4n) is 0.905. The van der Waals surface area contributed by atoms with Gasteiger partial charge in [0.1, 0.15) is 10.3 Å². The molecule has 1 aromatic rings. The first kappa shape index (κ1) is 10.1. The Bertz CT molecular complexity index is 356. The second kappa shape index (κ2) is 3.80. The summed E-state index contributed by atoms with van der Waals surface area (Å²) in [5.41, 5.74) is -0.347. The minimum Gasteiger partial charge on any atom is -0.391 e. The van der Waals surface area contributed by atoms with Crippen LogP contribution in [0.5, 0.6) is 0 Å². The van der Waals surface area contributed by atoms with Crippen molar-refractivity contribution in [2.24, 2.45) is 0 Å². The summed E-state index contributed by atoms with van der Waals surface area (Å²) in [7, 11) is 0. The van der Waals surface area contributed by atoms with Crippen LogP contribution in [-0.4, -0.2) is 10.0 Å². The van der Waals surface area contributed by atoms with Crippen molar-refractivity contribution in [2.75, 3.05) is 0 Å². The third kappa shape index (κ3) is 1.84. The molecule has 0 aliphatic rings. The topological polar surface area (TPSA) is 63.4 Å². The highest BCUT2D eigenvalue weighted by atomic mass is 79.9. The van der Waals surface area contributed by atoms with Gasteiger partial charge in [-0.25, -0.2) is 4.39 Å². The van der Waals surface area contributed by atoms with Crippen LogP contribution in [0.3, 0.4) is 0 Å². The van der Waals surface area contributed by atoms with Gasteiger partial charge in [-0.2, -0.15) is 0 Å². The third-order valence-electron chi connectivity index (χ3n) is 1.51. The van der Waals surface area contributed by atoms with Gasteiger partial charge in [-0.05, 0) is 28.1 Å². The average molecular weight is 250 g/mol. The Kier molecular flexibility index (Phi) is 2.94. The van der Waals surface area contributed by atoms with Crippen molar-refractivity contribution in [2.45, 2.75) is 6.61 Å². The molecule has 0 aliphatic heterocycles. The number of halogens is 2. The molecule has 70 valence electrons. The highest BCUT2D eigenvalue weighted by molar-refractivity contribution is 9.10. The number of hydrogen-bond donors (Lipinski definition) is 1. The predicted octanol–water partition coefficient (Wildman–Crippen LogP) is 1.99. The number of aliphatic hydroxyl groups is 1. The molecule has 0 amide bonds. The summed E-state index contributed by atoms with van der Waals surface area (Å²) in [6, 6.07) is 2.24. The lowest BCUT2D eigenvalue weighted by atomic mass is 10.2. The van der Waals surface area contributed by atoms with Crippen molar-refractivity contribution in [1.29, 1.82) is 0 Å². The minimum atomic E-state index is -0.737. The maximum Gasteiger partial charge on any atom is 0.291 e. The van der Waals surface area contributed by atoms with Gasteiger partial charge in [0.05, 0.1) is 17.1 Å². The highest BCUT2D eigenvalue weighted by Crippen LogP contribution is 2.31. The standard InChI is InChI=1S/C7H5BrFNO3/c8-6-5(9)2-1-4(3-11)7(6)10(12)13/h1-2,11H,3H2. The number of nitrogens with zero attached hydrogens (tertiary/aromatic N) is 1. The Morgan fingerprint density at radius 3 is 2.69 bits per heavy atom. The molecular formula is C7H5BrFNO3. The normalized spacial score (nSPS) is 10.1. The molecule has 0 fully saturated rings. The molecule has 13 heavy (non-hydrogen) atoms. The van der Waals surface area contributed by atoms with Gasteiger partial charge in [-0.3, -0.25) is 10.1 Å². The van der Waals surface area contributed by atoms with Gasteiger partial charge in [-0.15, -0.1) is 0 Å². The molecule has 0 heterocycles. The Balaban J connectivity index is 3.41. The fourth-order valence-corrected chi connectivity index (χ4v) is 1.44. The monoisotopic (exact) mass is 249 g/mol. The largest absolute Gasteiger partial charge is 0.391 e. The molecule has 4 nitrogen and oxygen atoms in total. The summed E-state index contributed by atoms with van der Waals surface area (Å²) >= 11 is 2.74. The molecule has 1 N–H and O–H groups in total. The van der Waals surface area contributed by atoms with Crippen LogP contribution in [0.25, 0.3) is 0 Å². The first-order valence-electron chi connectivity index (χ1n) is 3.30. The smallest absolute Gasteiger partial charge is 0.291 e. The summed E-state index contributed by atoms with van der Waals surface area (Å²) in [5, 5.41) is 19.2. The van der Waals surface area contributed by atoms with Crippen molar-refractivity contribution >= 4 is 21.6 Å². The first-order valence-corrected chi connectivity index (χ1v) is 4.09. The van der Waals surface area contributed by atoms with E-state index in [0.717, 1.165) is 6.07 Å². The Morgan fingerprint density at radius 1 is 1.62 bits per heavy atom. The van der Waals surface area contributed by atoms with Crippen LogP contribution in [0.1, 0.15) is 5.56 Å². The summed E-state index contributed by atoms with van der Waals surface area (Å²) in [5.74, 6) is -0.719. The van der Waals surface area contributed by atoms with Gasteiger partial charge in [0.2, 0.25) is 0 Å². The van der Waals surface area contributed by atoms with E-state index in [0.29, 0.717) is 0 Å². The quantitative estimate of drug-likeness (QED) is 0.644. The highest BCUT2D eigenvalue weighted by Gasteiger charge is 2.20. The van der Waals surface area contributed by atoms with Crippen LogP contribution in [0.4, 0.5) is 10.1 Å². The van der Waals surface area contributed by atoms with Gasteiger partial charge in [0.25, 0.3) is 5.69 Å². The van der Waals surface area contributed by atoms with E-state index in [-0.39, 0.29) is 10.0 Å². The van der Waals surface area contributed by atoms with Crippen molar-refractivity contribution in [1.82, 2.24) is 0 Å². The van der Waals surface area contributed by atoms with E-state index in [1.807, 2.05) is 0 Å². The second-order valence-electron chi connectivity index (χ2n) is 2.28. The second-order valence-corrected chi connectivity index (χ2v) is 3.08. The van der Waals surface area contributed by atoms with E-state index in [2.05, 4.69) is 15.9 Å². The molecule has 1 rings (SSSR count). The van der Waals surface area contributed by atoms with Gasteiger partial charge in [0, 0.05) is 0 Å². The number of benzene rings is 1. The molecule has 0 atom stereocenters. The average Bonchev–Trinajstić information content (AvgIpc) is 2.08. The van der Waals surface area contributed by atoms with Crippen LogP contribution >= 0.6 is 15.9 Å². The lowest BCUT2D eigenvalue weighted by Crippen LogP contribution is -1.98. The molecule has 0 saturated carbocycles. The van der Waals surface area contributed by atoms with Crippen LogP contribution in [0, 0.1) is 15.9 Å². The number of nitro benzene ring substituents is 1. The number of rotatable bonds is 2. The zero-order valence-corrected chi connectivity index (χ0v) is 7.91. The van der Waals surface area contributed by atoms with E-state index >= 15 is 0 Å². The van der Waals surface area contributed by atoms with E-state index in [1.54, 1.807) is 0 Å². The predicted molar refractivity (Wildman–Crippen MR) is 46.7 cm³/mol. The van der Waals surface area contributed by atoms with Crippen molar-refractivity contribution in [3.63, 3.8) is 0 Å². The van der Waals surface area contributed by atoms with Gasteiger partial charge < -0.3 is 5.11 Å². The van der Waals surface area contributed by atoms with Crippen LogP contribution in [0.2, 0.25) is 0 Å². The van der Waals surface area contributed by atoms with Crippen molar-refractivity contribution in [3.8, 4) is 0 Å². The summed E-state index contributed by atoms with van der Waals surface area (Å²) in [4.78, 5) is 9.71. The maximum absolute atomic E-state index is 12.8. The van der Waals surface area contributed by atoms with Gasteiger partial charge >= 0.3 is 0 Å². The molecule has 0 aliphatic carbocycles. The summed E-state index contributed by atoms with van der Waals surface area (Å²) in [6.07, 6.45) is 0. The first-order chi connectivity index (χ1) is 6.07. The number of hydrogen-bond acceptors (Lipinski definition) is 3. The van der Waals surface area contributed by atoms with Gasteiger partial charge in [-0.1, -0.05) is 0 Å². The molecule has 0 unspecified atom stereocenters. The molecule has 6 heteroatoms. The van der Waals surface area contributed by atoms with Crippen LogP contribution < -0.4 is 0 Å². The van der Waals surface area contributed by atoms with E-state index in [9.17, 15) is 14.5 Å². The molecule has 0 aromatic heterocycles. The van der Waals surface area contributed by atoms with E-state index in [1.165, 1.54) is 6.07 Å². The maximum atomic E-state index is 12.8. The van der Waals surface area contributed by atoms with Crippen LogP contribution in [0.15, 0.2) is 16.6 Å². The van der Waals surface area contributed by atoms with E-state index in [4.69, 9.17) is 5.11 Å². The SMILES string of the molecule is O=[N+]([O-])c1c(CO)ccc(F)c1Br. The molecule has 0 saturated heterocycles. The lowest BCUT2D eigenvalue weighted by Gasteiger charge is -2.01. The molecule has 0 bridgehead atoms. The molecular weight excluding hydrogens is 245 g/mol. The number of aliphatic hydroxyl groups excluding tert-OH is 1. The van der Waals surface area contributed by atoms with Crippen molar-refractivity contribution in [3.05, 3.63) is 38.1 Å². The molecule has 0 spiro atoms. The van der Waals surface area contributed by atoms with E-state index < -0.39 is 23.0 Å². The molecule has 0 radical (unpaired) electrons. The summed E-state index contributed by atoms with van der Waals surface area (Å²) in [6.45, 7) is -0.491. The zero-order valence-electron chi connectivity index (χ0n) is 6.33. The third-order valence-corrected chi connectivity index (χ3v) is 2.26. The summed E-state index contributed by atoms with van der Waals surface area (Å²) < 4.78 is 12.6. The molecule has 1 aromatic carbocycles. The number of nitro groups is 1. The van der Waals surface area contributed by atoms with Crippen LogP contribution in [-0.2, 0) is 6.61 Å². The lowest BCUT2D eigenvalue weighted by molar-refractivity contribution is -0.386. The Morgan fingerprint density at radius 2 is 2.23 bits per heavy atom.